The summed E-state index contributed by atoms with van der Waals surface area (Å²) in [6.07, 6.45) is 0.590. The molecule has 3 heterocycles. The molecule has 0 radical (unpaired) electrons. The molecule has 3 aromatic heterocycles. The number of anilines is 1. The van der Waals surface area contributed by atoms with Gasteiger partial charge in [-0.2, -0.15) is 9.50 Å². The van der Waals surface area contributed by atoms with Crippen molar-refractivity contribution < 1.29 is 23.5 Å². The van der Waals surface area contributed by atoms with E-state index in [4.69, 9.17) is 14.9 Å². The molecule has 0 fully saturated rings. The first kappa shape index (κ1) is 19.3. The number of furan rings is 1. The second kappa shape index (κ2) is 7.67. The second-order valence-electron chi connectivity index (χ2n) is 6.28. The summed E-state index contributed by atoms with van der Waals surface area (Å²) >= 11 is 0. The highest BCUT2D eigenvalue weighted by molar-refractivity contribution is 5.90. The maximum absolute atomic E-state index is 12.1. The fourth-order valence-corrected chi connectivity index (χ4v) is 2.96. The third-order valence-corrected chi connectivity index (χ3v) is 4.39. The zero-order valence-electron chi connectivity index (χ0n) is 16.1. The Hall–Kier alpha value is -3.43. The quantitative estimate of drug-likeness (QED) is 0.627. The molecule has 0 aliphatic rings. The molecule has 3 aromatic rings. The molecule has 148 valence electrons. The number of carbonyl (C=O) groups is 2. The molecule has 3 rings (SSSR count). The number of fused-ring (bicyclic) bond motifs is 1. The van der Waals surface area contributed by atoms with E-state index in [1.807, 2.05) is 13.8 Å². The van der Waals surface area contributed by atoms with Gasteiger partial charge in [0.25, 0.3) is 5.78 Å². The van der Waals surface area contributed by atoms with Gasteiger partial charge in [-0.25, -0.2) is 9.78 Å². The molecular formula is C18H21N5O5. The number of aromatic nitrogens is 4. The Bertz CT molecular complexity index is 1050. The molecule has 0 amide bonds. The Morgan fingerprint density at radius 2 is 2.00 bits per heavy atom. The number of ether oxygens (including phenoxy) is 2. The minimum Gasteiger partial charge on any atom is -0.465 e. The Kier molecular flexibility index (Phi) is 5.30. The fourth-order valence-electron chi connectivity index (χ4n) is 2.96. The van der Waals surface area contributed by atoms with Crippen molar-refractivity contribution in [1.82, 2.24) is 19.6 Å². The predicted octanol–water partition coefficient (Wildman–Crippen LogP) is 1.69. The number of methoxy groups -OCH3 is 1. The average Bonchev–Trinajstić information content (AvgIpc) is 3.21. The summed E-state index contributed by atoms with van der Waals surface area (Å²) < 4.78 is 16.9. The van der Waals surface area contributed by atoms with E-state index in [9.17, 15) is 9.59 Å². The monoisotopic (exact) mass is 387 g/mol. The van der Waals surface area contributed by atoms with Crippen molar-refractivity contribution in [3.05, 3.63) is 40.1 Å². The van der Waals surface area contributed by atoms with E-state index in [2.05, 4.69) is 19.8 Å². The number of esters is 2. The van der Waals surface area contributed by atoms with E-state index in [0.717, 1.165) is 17.0 Å². The summed E-state index contributed by atoms with van der Waals surface area (Å²) in [5.41, 5.74) is 8.40. The van der Waals surface area contributed by atoms with Gasteiger partial charge in [0, 0.05) is 17.8 Å². The number of hydrogen-bond acceptors (Lipinski definition) is 9. The van der Waals surface area contributed by atoms with Crippen molar-refractivity contribution in [2.45, 2.75) is 40.2 Å². The maximum atomic E-state index is 12.1. The standard InChI is InChI=1S/C18H21N5O5/c1-9-13(10(2)23-18(20-9)21-17(19)22-23)5-6-15(24)27-8-12-7-14(11(3)28-12)16(25)26-4/h7H,5-6,8H2,1-4H3,(H2,19,22). The van der Waals surface area contributed by atoms with Gasteiger partial charge in [-0.3, -0.25) is 4.79 Å². The van der Waals surface area contributed by atoms with Crippen LogP contribution in [0.5, 0.6) is 0 Å². The smallest absolute Gasteiger partial charge is 0.341 e. The summed E-state index contributed by atoms with van der Waals surface area (Å²) in [4.78, 5) is 32.1. The van der Waals surface area contributed by atoms with Gasteiger partial charge in [-0.15, -0.1) is 5.10 Å². The molecule has 0 aromatic carbocycles. The molecule has 0 bridgehead atoms. The third kappa shape index (κ3) is 3.80. The van der Waals surface area contributed by atoms with Crippen LogP contribution >= 0.6 is 0 Å². The first-order chi connectivity index (χ1) is 13.3. The highest BCUT2D eigenvalue weighted by Crippen LogP contribution is 2.18. The Balaban J connectivity index is 1.62. The van der Waals surface area contributed by atoms with Crippen molar-refractivity contribution in [1.29, 1.82) is 0 Å². The van der Waals surface area contributed by atoms with Gasteiger partial charge in [-0.1, -0.05) is 0 Å². The summed E-state index contributed by atoms with van der Waals surface area (Å²) in [7, 11) is 1.29. The van der Waals surface area contributed by atoms with Crippen LogP contribution in [0.25, 0.3) is 5.78 Å². The van der Waals surface area contributed by atoms with Gasteiger partial charge >= 0.3 is 11.9 Å². The van der Waals surface area contributed by atoms with E-state index in [-0.39, 0.29) is 19.0 Å². The van der Waals surface area contributed by atoms with Gasteiger partial charge in [-0.05, 0) is 38.8 Å². The van der Waals surface area contributed by atoms with E-state index in [1.54, 1.807) is 11.4 Å². The van der Waals surface area contributed by atoms with E-state index in [1.165, 1.54) is 13.2 Å². The van der Waals surface area contributed by atoms with E-state index >= 15 is 0 Å². The van der Waals surface area contributed by atoms with E-state index < -0.39 is 11.9 Å². The maximum Gasteiger partial charge on any atom is 0.341 e. The van der Waals surface area contributed by atoms with Crippen molar-refractivity contribution in [3.63, 3.8) is 0 Å². The Morgan fingerprint density at radius 3 is 2.71 bits per heavy atom. The minimum atomic E-state index is -0.499. The van der Waals surface area contributed by atoms with E-state index in [0.29, 0.717) is 29.3 Å². The lowest BCUT2D eigenvalue weighted by atomic mass is 10.1. The normalized spacial score (nSPS) is 11.0. The van der Waals surface area contributed by atoms with Crippen molar-refractivity contribution in [2.75, 3.05) is 12.8 Å². The second-order valence-corrected chi connectivity index (χ2v) is 6.28. The number of aryl methyl sites for hydroxylation is 3. The average molecular weight is 387 g/mol. The SMILES string of the molecule is COC(=O)c1cc(COC(=O)CCc2c(C)nc3nc(N)nn3c2C)oc1C. The highest BCUT2D eigenvalue weighted by Gasteiger charge is 2.17. The van der Waals surface area contributed by atoms with Crippen LogP contribution in [0, 0.1) is 20.8 Å². The number of nitrogens with two attached hydrogens (primary N) is 1. The lowest BCUT2D eigenvalue weighted by Gasteiger charge is -2.10. The zero-order valence-corrected chi connectivity index (χ0v) is 16.1. The van der Waals surface area contributed by atoms with Crippen LogP contribution in [-0.2, 0) is 27.3 Å². The van der Waals surface area contributed by atoms with Crippen LogP contribution in [0.3, 0.4) is 0 Å². The molecule has 0 aliphatic carbocycles. The van der Waals surface area contributed by atoms with Gasteiger partial charge in [0.05, 0.1) is 7.11 Å². The van der Waals surface area contributed by atoms with Gasteiger partial charge in [0.2, 0.25) is 5.95 Å². The van der Waals surface area contributed by atoms with Crippen LogP contribution in [-0.4, -0.2) is 38.6 Å². The zero-order chi connectivity index (χ0) is 20.4. The fraction of sp³-hybridized carbons (Fsp3) is 0.389. The van der Waals surface area contributed by atoms with Gasteiger partial charge < -0.3 is 19.6 Å². The molecule has 0 aliphatic heterocycles. The summed E-state index contributed by atoms with van der Waals surface area (Å²) in [6, 6.07) is 1.51. The molecule has 0 saturated carbocycles. The molecule has 2 N–H and O–H groups in total. The number of nitrogens with zero attached hydrogens (tertiary/aromatic N) is 4. The first-order valence-corrected chi connectivity index (χ1v) is 8.61. The van der Waals surface area contributed by atoms with Crippen LogP contribution in [0.15, 0.2) is 10.5 Å². The Labute approximate surface area is 160 Å². The van der Waals surface area contributed by atoms with Crippen LogP contribution in [0.2, 0.25) is 0 Å². The van der Waals surface area contributed by atoms with Crippen molar-refractivity contribution >= 4 is 23.7 Å². The van der Waals surface area contributed by atoms with Crippen molar-refractivity contribution in [3.8, 4) is 0 Å². The minimum absolute atomic E-state index is 0.0640. The summed E-state index contributed by atoms with van der Waals surface area (Å²) in [5, 5.41) is 4.10. The number of carbonyl (C=O) groups excluding carboxylic acids is 2. The molecule has 28 heavy (non-hydrogen) atoms. The topological polar surface area (TPSA) is 135 Å². The largest absolute Gasteiger partial charge is 0.465 e. The predicted molar refractivity (Wildman–Crippen MR) is 97.6 cm³/mol. The molecule has 10 heteroatoms. The van der Waals surface area contributed by atoms with Crippen LogP contribution in [0.4, 0.5) is 5.95 Å². The number of hydrogen-bond donors (Lipinski definition) is 1. The summed E-state index contributed by atoms with van der Waals surface area (Å²) in [5.74, 6) is 0.461. The lowest BCUT2D eigenvalue weighted by molar-refractivity contribution is -0.145. The molecule has 0 atom stereocenters. The molecular weight excluding hydrogens is 366 g/mol. The molecule has 0 spiro atoms. The number of nitrogen functional groups attached to an aromatic ring is 1. The van der Waals surface area contributed by atoms with Gasteiger partial charge in [0.15, 0.2) is 0 Å². The third-order valence-electron chi connectivity index (χ3n) is 4.39. The van der Waals surface area contributed by atoms with Crippen LogP contribution in [0.1, 0.15) is 45.3 Å². The van der Waals surface area contributed by atoms with Crippen LogP contribution < -0.4 is 5.73 Å². The number of rotatable bonds is 6. The Morgan fingerprint density at radius 1 is 1.25 bits per heavy atom. The highest BCUT2D eigenvalue weighted by atomic mass is 16.5. The molecule has 0 unspecified atom stereocenters. The van der Waals surface area contributed by atoms with Gasteiger partial charge in [0.1, 0.15) is 23.7 Å². The lowest BCUT2D eigenvalue weighted by Crippen LogP contribution is -2.10. The van der Waals surface area contributed by atoms with Crippen molar-refractivity contribution in [2.24, 2.45) is 0 Å². The first-order valence-electron chi connectivity index (χ1n) is 8.61. The molecule has 10 nitrogen and oxygen atoms in total. The summed E-state index contributed by atoms with van der Waals surface area (Å²) in [6.45, 7) is 5.30. The molecule has 0 saturated heterocycles.